The number of halogens is 2. The molecule has 1 aliphatic heterocycles. The van der Waals surface area contributed by atoms with Gasteiger partial charge in [0.15, 0.2) is 0 Å². The van der Waals surface area contributed by atoms with E-state index in [2.05, 4.69) is 15.6 Å². The largest absolute Gasteiger partial charge is 0.352 e. The Labute approximate surface area is 209 Å². The summed E-state index contributed by atoms with van der Waals surface area (Å²) < 4.78 is 0. The van der Waals surface area contributed by atoms with E-state index in [1.807, 2.05) is 6.07 Å². The van der Waals surface area contributed by atoms with E-state index < -0.39 is 18.0 Å². The summed E-state index contributed by atoms with van der Waals surface area (Å²) in [5.41, 5.74) is 1.03. The normalized spacial score (nSPS) is 19.1. The summed E-state index contributed by atoms with van der Waals surface area (Å²) in [4.78, 5) is 45.4. The highest BCUT2D eigenvalue weighted by Crippen LogP contribution is 2.24. The van der Waals surface area contributed by atoms with Crippen molar-refractivity contribution in [3.05, 3.63) is 63.9 Å². The van der Waals surface area contributed by atoms with Crippen LogP contribution < -0.4 is 10.6 Å². The van der Waals surface area contributed by atoms with Crippen LogP contribution in [0.3, 0.4) is 0 Å². The maximum absolute atomic E-state index is 13.7. The van der Waals surface area contributed by atoms with E-state index in [-0.39, 0.29) is 34.9 Å². The first-order valence-electron chi connectivity index (χ1n) is 11.7. The smallest absolute Gasteiger partial charge is 0.253 e. The highest BCUT2D eigenvalue weighted by Gasteiger charge is 2.38. The van der Waals surface area contributed by atoms with Crippen molar-refractivity contribution >= 4 is 40.9 Å². The van der Waals surface area contributed by atoms with Gasteiger partial charge >= 0.3 is 0 Å². The molecule has 0 bridgehead atoms. The minimum Gasteiger partial charge on any atom is -0.352 e. The zero-order valence-corrected chi connectivity index (χ0v) is 20.3. The molecule has 2 atom stereocenters. The van der Waals surface area contributed by atoms with Crippen LogP contribution >= 0.6 is 23.2 Å². The van der Waals surface area contributed by atoms with Crippen LogP contribution in [0.5, 0.6) is 0 Å². The average Bonchev–Trinajstić information content (AvgIpc) is 3.51. The van der Waals surface area contributed by atoms with Crippen molar-refractivity contribution in [1.82, 2.24) is 20.5 Å². The van der Waals surface area contributed by atoms with Crippen molar-refractivity contribution in [3.8, 4) is 0 Å². The Morgan fingerprint density at radius 2 is 1.88 bits per heavy atom. The molecule has 34 heavy (non-hydrogen) atoms. The van der Waals surface area contributed by atoms with Crippen molar-refractivity contribution in [2.45, 2.75) is 63.1 Å². The van der Waals surface area contributed by atoms with E-state index in [0.717, 1.165) is 37.7 Å². The van der Waals surface area contributed by atoms with E-state index in [1.165, 1.54) is 12.1 Å². The number of carbonyl (C=O) groups is 3. The molecule has 0 radical (unpaired) electrons. The van der Waals surface area contributed by atoms with Gasteiger partial charge in [-0.25, -0.2) is 0 Å². The monoisotopic (exact) mass is 502 g/mol. The zero-order chi connectivity index (χ0) is 24.1. The number of nitrogens with one attached hydrogen (secondary N) is 2. The lowest BCUT2D eigenvalue weighted by Gasteiger charge is -2.29. The molecule has 2 aromatic rings. The third-order valence-electron chi connectivity index (χ3n) is 6.48. The van der Waals surface area contributed by atoms with E-state index in [1.54, 1.807) is 29.4 Å². The number of hydrogen-bond acceptors (Lipinski definition) is 4. The van der Waals surface area contributed by atoms with Gasteiger partial charge in [-0.15, -0.1) is 0 Å². The number of likely N-dealkylation sites (tertiary alicyclic amines) is 1. The molecule has 1 aromatic carbocycles. The standard InChI is InChI=1S/C25H28Cl2N4O3/c26-17-9-10-19(20(27)14-17)23(32)30-21(13-16-5-3-11-28-15-16)25(34)31-12-4-8-22(31)24(33)29-18-6-1-2-7-18/h3,5,9-11,14-15,18,21-22H,1-2,4,6-8,12-13H2,(H,29,33)(H,30,32)/t21-,22-/m0/s1. The molecule has 3 amide bonds. The third-order valence-corrected chi connectivity index (χ3v) is 7.03. The fourth-order valence-corrected chi connectivity index (χ4v) is 5.23. The minimum absolute atomic E-state index is 0.107. The van der Waals surface area contributed by atoms with Crippen LogP contribution in [0.1, 0.15) is 54.4 Å². The molecule has 2 heterocycles. The van der Waals surface area contributed by atoms with E-state index in [0.29, 0.717) is 18.0 Å². The molecule has 0 unspecified atom stereocenters. The summed E-state index contributed by atoms with van der Waals surface area (Å²) in [6.45, 7) is 0.475. The van der Waals surface area contributed by atoms with Crippen molar-refractivity contribution in [3.63, 3.8) is 0 Å². The molecule has 2 aliphatic rings. The van der Waals surface area contributed by atoms with Gasteiger partial charge in [0.1, 0.15) is 12.1 Å². The number of amides is 3. The average molecular weight is 503 g/mol. The topological polar surface area (TPSA) is 91.4 Å². The van der Waals surface area contributed by atoms with Crippen molar-refractivity contribution in [1.29, 1.82) is 0 Å². The maximum Gasteiger partial charge on any atom is 0.253 e. The second-order valence-corrected chi connectivity index (χ2v) is 9.74. The van der Waals surface area contributed by atoms with Crippen LogP contribution in [0.2, 0.25) is 10.0 Å². The van der Waals surface area contributed by atoms with Crippen LogP contribution in [0.4, 0.5) is 0 Å². The molecule has 7 nitrogen and oxygen atoms in total. The lowest BCUT2D eigenvalue weighted by molar-refractivity contribution is -0.140. The second kappa shape index (κ2) is 11.2. The molecular weight excluding hydrogens is 475 g/mol. The third kappa shape index (κ3) is 5.88. The Morgan fingerprint density at radius 1 is 1.09 bits per heavy atom. The summed E-state index contributed by atoms with van der Waals surface area (Å²) in [7, 11) is 0. The predicted molar refractivity (Wildman–Crippen MR) is 131 cm³/mol. The van der Waals surface area contributed by atoms with Gasteiger partial charge in [0, 0.05) is 36.4 Å². The molecule has 1 saturated carbocycles. The van der Waals surface area contributed by atoms with Gasteiger partial charge in [0.05, 0.1) is 10.6 Å². The lowest BCUT2D eigenvalue weighted by Crippen LogP contribution is -2.55. The quantitative estimate of drug-likeness (QED) is 0.602. The number of aromatic nitrogens is 1. The Kier molecular flexibility index (Phi) is 8.06. The number of benzene rings is 1. The number of rotatable bonds is 7. The van der Waals surface area contributed by atoms with Gasteiger partial charge in [0.25, 0.3) is 5.91 Å². The fourth-order valence-electron chi connectivity index (χ4n) is 4.74. The van der Waals surface area contributed by atoms with Crippen LogP contribution in [0.25, 0.3) is 0 Å². The number of nitrogens with zero attached hydrogens (tertiary/aromatic N) is 2. The van der Waals surface area contributed by atoms with Gasteiger partial charge in [0.2, 0.25) is 11.8 Å². The van der Waals surface area contributed by atoms with Crippen LogP contribution in [-0.4, -0.2) is 52.3 Å². The molecule has 9 heteroatoms. The maximum atomic E-state index is 13.7. The molecule has 180 valence electrons. The molecule has 0 spiro atoms. The molecule has 1 aromatic heterocycles. The van der Waals surface area contributed by atoms with Crippen molar-refractivity contribution in [2.75, 3.05) is 6.54 Å². The van der Waals surface area contributed by atoms with Gasteiger partial charge in [-0.3, -0.25) is 19.4 Å². The summed E-state index contributed by atoms with van der Waals surface area (Å²) in [5.74, 6) is -0.869. The summed E-state index contributed by atoms with van der Waals surface area (Å²) in [6.07, 6.45) is 9.10. The Balaban J connectivity index is 1.52. The summed E-state index contributed by atoms with van der Waals surface area (Å²) >= 11 is 12.2. The Hall–Kier alpha value is -2.64. The van der Waals surface area contributed by atoms with Gasteiger partial charge in [-0.2, -0.15) is 0 Å². The SMILES string of the molecule is O=C(N[C@@H](Cc1cccnc1)C(=O)N1CCC[C@H]1C(=O)NC1CCCC1)c1ccc(Cl)cc1Cl. The first-order valence-corrected chi connectivity index (χ1v) is 12.4. The van der Waals surface area contributed by atoms with Crippen LogP contribution in [0, 0.1) is 0 Å². The highest BCUT2D eigenvalue weighted by molar-refractivity contribution is 6.36. The van der Waals surface area contributed by atoms with Crippen molar-refractivity contribution in [2.24, 2.45) is 0 Å². The number of pyridine rings is 1. The van der Waals surface area contributed by atoms with Gasteiger partial charge < -0.3 is 15.5 Å². The molecule has 1 aliphatic carbocycles. The summed E-state index contributed by atoms with van der Waals surface area (Å²) in [6, 6.07) is 7.00. The first kappa shape index (κ1) is 24.5. The van der Waals surface area contributed by atoms with Gasteiger partial charge in [-0.1, -0.05) is 42.1 Å². The van der Waals surface area contributed by atoms with Crippen LogP contribution in [0.15, 0.2) is 42.7 Å². The van der Waals surface area contributed by atoms with E-state index >= 15 is 0 Å². The van der Waals surface area contributed by atoms with Crippen LogP contribution in [-0.2, 0) is 16.0 Å². The number of carbonyl (C=O) groups excluding carboxylic acids is 3. The molecule has 2 fully saturated rings. The Bertz CT molecular complexity index is 1040. The highest BCUT2D eigenvalue weighted by atomic mass is 35.5. The molecule has 1 saturated heterocycles. The zero-order valence-electron chi connectivity index (χ0n) is 18.8. The first-order chi connectivity index (χ1) is 16.4. The van der Waals surface area contributed by atoms with E-state index in [9.17, 15) is 14.4 Å². The van der Waals surface area contributed by atoms with Crippen molar-refractivity contribution < 1.29 is 14.4 Å². The minimum atomic E-state index is -0.872. The van der Waals surface area contributed by atoms with E-state index in [4.69, 9.17) is 23.2 Å². The predicted octanol–water partition coefficient (Wildman–Crippen LogP) is 3.78. The molecular formula is C25H28Cl2N4O3. The van der Waals surface area contributed by atoms with Gasteiger partial charge in [-0.05, 0) is 55.5 Å². The second-order valence-electron chi connectivity index (χ2n) is 8.90. The number of hydrogen-bond donors (Lipinski definition) is 2. The fraction of sp³-hybridized carbons (Fsp3) is 0.440. The molecule has 4 rings (SSSR count). The Morgan fingerprint density at radius 3 is 2.59 bits per heavy atom. The lowest BCUT2D eigenvalue weighted by atomic mass is 10.0. The molecule has 2 N–H and O–H groups in total. The summed E-state index contributed by atoms with van der Waals surface area (Å²) in [5, 5.41) is 6.56.